The highest BCUT2D eigenvalue weighted by Crippen LogP contribution is 2.27. The van der Waals surface area contributed by atoms with E-state index in [2.05, 4.69) is 15.9 Å². The van der Waals surface area contributed by atoms with Crippen LogP contribution in [0.15, 0.2) is 16.6 Å². The summed E-state index contributed by atoms with van der Waals surface area (Å²) in [6.07, 6.45) is 0.967. The van der Waals surface area contributed by atoms with Gasteiger partial charge in [0.25, 0.3) is 0 Å². The van der Waals surface area contributed by atoms with Crippen LogP contribution in [-0.4, -0.2) is 12.5 Å². The van der Waals surface area contributed by atoms with Gasteiger partial charge in [-0.25, -0.2) is 4.39 Å². The lowest BCUT2D eigenvalue weighted by molar-refractivity contribution is -0.118. The quantitative estimate of drug-likeness (QED) is 0.876. The van der Waals surface area contributed by atoms with Crippen LogP contribution in [0.5, 0.6) is 5.75 Å². The van der Waals surface area contributed by atoms with Crippen LogP contribution in [0.1, 0.15) is 25.3 Å². The Bertz CT molecular complexity index is 437. The summed E-state index contributed by atoms with van der Waals surface area (Å²) in [4.78, 5) is 10.6. The molecular weight excluding hydrogens is 301 g/mol. The number of halogens is 2. The highest BCUT2D eigenvalue weighted by Gasteiger charge is 2.11. The minimum absolute atomic E-state index is 0.149. The van der Waals surface area contributed by atoms with E-state index in [1.54, 1.807) is 12.1 Å². The van der Waals surface area contributed by atoms with Gasteiger partial charge in [-0.2, -0.15) is 0 Å². The Labute approximate surface area is 115 Å². The van der Waals surface area contributed by atoms with Gasteiger partial charge in [0.15, 0.2) is 11.6 Å². The summed E-state index contributed by atoms with van der Waals surface area (Å²) in [5.74, 6) is -0.349. The number of benzene rings is 1. The summed E-state index contributed by atoms with van der Waals surface area (Å²) in [6, 6.07) is 3.35. The van der Waals surface area contributed by atoms with Crippen LogP contribution < -0.4 is 10.5 Å². The fourth-order valence-electron chi connectivity index (χ4n) is 1.50. The van der Waals surface area contributed by atoms with Crippen LogP contribution >= 0.6 is 15.9 Å². The van der Waals surface area contributed by atoms with Crippen LogP contribution in [0.25, 0.3) is 0 Å². The van der Waals surface area contributed by atoms with Crippen molar-refractivity contribution >= 4 is 21.8 Å². The van der Waals surface area contributed by atoms with E-state index in [9.17, 15) is 9.18 Å². The molecule has 0 aliphatic heterocycles. The van der Waals surface area contributed by atoms with E-state index in [-0.39, 0.29) is 17.6 Å². The van der Waals surface area contributed by atoms with Crippen LogP contribution in [-0.2, 0) is 4.79 Å². The first-order valence-corrected chi connectivity index (χ1v) is 6.56. The third-order valence-electron chi connectivity index (χ3n) is 2.55. The predicted octanol–water partition coefficient (Wildman–Crippen LogP) is 3.18. The van der Waals surface area contributed by atoms with Gasteiger partial charge in [-0.05, 0) is 52.9 Å². The highest BCUT2D eigenvalue weighted by molar-refractivity contribution is 9.10. The lowest BCUT2D eigenvalue weighted by Gasteiger charge is -2.13. The number of amides is 1. The molecule has 0 radical (unpaired) electrons. The van der Waals surface area contributed by atoms with Gasteiger partial charge in [0.05, 0.1) is 11.1 Å². The Morgan fingerprint density at radius 2 is 2.22 bits per heavy atom. The molecule has 0 aliphatic carbocycles. The molecular formula is C13H17BrFNO2. The van der Waals surface area contributed by atoms with E-state index in [1.807, 2.05) is 13.8 Å². The summed E-state index contributed by atoms with van der Waals surface area (Å²) in [6.45, 7) is 4.17. The Morgan fingerprint density at radius 1 is 1.56 bits per heavy atom. The van der Waals surface area contributed by atoms with Crippen LogP contribution in [0.4, 0.5) is 4.39 Å². The van der Waals surface area contributed by atoms with Crippen molar-refractivity contribution in [1.29, 1.82) is 0 Å². The van der Waals surface area contributed by atoms with Gasteiger partial charge in [-0.15, -0.1) is 0 Å². The van der Waals surface area contributed by atoms with Gasteiger partial charge in [0.2, 0.25) is 5.91 Å². The van der Waals surface area contributed by atoms with Gasteiger partial charge in [0.1, 0.15) is 0 Å². The number of hydrogen-bond donors (Lipinski definition) is 1. The molecule has 0 saturated carbocycles. The number of rotatable bonds is 6. The number of ether oxygens (including phenoxy) is 1. The molecule has 0 saturated heterocycles. The van der Waals surface area contributed by atoms with Crippen molar-refractivity contribution in [3.63, 3.8) is 0 Å². The maximum atomic E-state index is 13.7. The third kappa shape index (κ3) is 4.64. The van der Waals surface area contributed by atoms with E-state index in [0.717, 1.165) is 5.56 Å². The average molecular weight is 318 g/mol. The average Bonchev–Trinajstić information content (AvgIpc) is 2.29. The second-order valence-electron chi connectivity index (χ2n) is 4.48. The molecule has 0 aromatic heterocycles. The number of aryl methyl sites for hydroxylation is 1. The molecule has 1 rings (SSSR count). The zero-order chi connectivity index (χ0) is 13.7. The Kier molecular flexibility index (Phi) is 5.59. The fourth-order valence-corrected chi connectivity index (χ4v) is 2.06. The van der Waals surface area contributed by atoms with E-state index in [0.29, 0.717) is 23.9 Å². The molecule has 0 aliphatic rings. The molecule has 1 atom stereocenters. The van der Waals surface area contributed by atoms with Crippen LogP contribution in [0.2, 0.25) is 0 Å². The van der Waals surface area contributed by atoms with Crippen molar-refractivity contribution in [2.24, 2.45) is 11.7 Å². The lowest BCUT2D eigenvalue weighted by atomic mass is 10.1. The molecule has 0 heterocycles. The minimum Gasteiger partial charge on any atom is -0.490 e. The zero-order valence-corrected chi connectivity index (χ0v) is 12.1. The summed E-state index contributed by atoms with van der Waals surface area (Å²) in [5.41, 5.74) is 5.99. The molecule has 0 spiro atoms. The number of primary amides is 1. The predicted molar refractivity (Wildman–Crippen MR) is 71.9 cm³/mol. The van der Waals surface area contributed by atoms with Crippen LogP contribution in [0.3, 0.4) is 0 Å². The van der Waals surface area contributed by atoms with Gasteiger partial charge in [-0.1, -0.05) is 6.92 Å². The Morgan fingerprint density at radius 3 is 2.83 bits per heavy atom. The van der Waals surface area contributed by atoms with Crippen molar-refractivity contribution < 1.29 is 13.9 Å². The summed E-state index contributed by atoms with van der Waals surface area (Å²) >= 11 is 3.14. The first-order chi connectivity index (χ1) is 8.40. The van der Waals surface area contributed by atoms with Gasteiger partial charge >= 0.3 is 0 Å². The fraction of sp³-hybridized carbons (Fsp3) is 0.462. The maximum absolute atomic E-state index is 13.7. The Balaban J connectivity index is 2.55. The second-order valence-corrected chi connectivity index (χ2v) is 5.33. The van der Waals surface area contributed by atoms with Gasteiger partial charge in [0, 0.05) is 6.42 Å². The normalized spacial score (nSPS) is 12.2. The summed E-state index contributed by atoms with van der Waals surface area (Å²) in [5, 5.41) is 0. The SMILES string of the molecule is Cc1cc(Br)c(F)c(OC[C@@H](C)CCC(N)=O)c1. The molecule has 1 aromatic carbocycles. The Hall–Kier alpha value is -1.10. The molecule has 0 unspecified atom stereocenters. The first-order valence-electron chi connectivity index (χ1n) is 5.77. The molecule has 100 valence electrons. The molecule has 0 bridgehead atoms. The number of carbonyl (C=O) groups is 1. The number of carbonyl (C=O) groups excluding carboxylic acids is 1. The van der Waals surface area contributed by atoms with E-state index in [4.69, 9.17) is 10.5 Å². The summed E-state index contributed by atoms with van der Waals surface area (Å²) < 4.78 is 19.5. The standard InChI is InChI=1S/C13H17BrFNO2/c1-8(3-4-12(16)17)7-18-11-6-9(2)5-10(14)13(11)15/h5-6,8H,3-4,7H2,1-2H3,(H2,16,17)/t8-/m0/s1. The van der Waals surface area contributed by atoms with Crippen molar-refractivity contribution in [2.45, 2.75) is 26.7 Å². The topological polar surface area (TPSA) is 52.3 Å². The van der Waals surface area contributed by atoms with Crippen molar-refractivity contribution in [3.8, 4) is 5.75 Å². The zero-order valence-electron chi connectivity index (χ0n) is 10.5. The number of nitrogens with two attached hydrogens (primary N) is 1. The van der Waals surface area contributed by atoms with Gasteiger partial charge < -0.3 is 10.5 Å². The highest BCUT2D eigenvalue weighted by atomic mass is 79.9. The van der Waals surface area contributed by atoms with E-state index < -0.39 is 5.82 Å². The monoisotopic (exact) mass is 317 g/mol. The van der Waals surface area contributed by atoms with Crippen molar-refractivity contribution in [1.82, 2.24) is 0 Å². The van der Waals surface area contributed by atoms with E-state index in [1.165, 1.54) is 0 Å². The largest absolute Gasteiger partial charge is 0.490 e. The maximum Gasteiger partial charge on any atom is 0.217 e. The summed E-state index contributed by atoms with van der Waals surface area (Å²) in [7, 11) is 0. The molecule has 0 fully saturated rings. The molecule has 1 amide bonds. The molecule has 3 nitrogen and oxygen atoms in total. The van der Waals surface area contributed by atoms with Crippen molar-refractivity contribution in [3.05, 3.63) is 28.0 Å². The molecule has 2 N–H and O–H groups in total. The molecule has 18 heavy (non-hydrogen) atoms. The second kappa shape index (κ2) is 6.73. The van der Waals surface area contributed by atoms with Crippen LogP contribution in [0, 0.1) is 18.7 Å². The first kappa shape index (κ1) is 15.0. The van der Waals surface area contributed by atoms with Gasteiger partial charge in [-0.3, -0.25) is 4.79 Å². The lowest BCUT2D eigenvalue weighted by Crippen LogP contribution is -2.15. The van der Waals surface area contributed by atoms with Crippen molar-refractivity contribution in [2.75, 3.05) is 6.61 Å². The number of hydrogen-bond acceptors (Lipinski definition) is 2. The molecule has 1 aromatic rings. The third-order valence-corrected chi connectivity index (χ3v) is 3.12. The smallest absolute Gasteiger partial charge is 0.217 e. The van der Waals surface area contributed by atoms with E-state index >= 15 is 0 Å². The minimum atomic E-state index is -0.400. The molecule has 5 heteroatoms.